The third-order valence-electron chi connectivity index (χ3n) is 6.15. The second kappa shape index (κ2) is 11.8. The van der Waals surface area contributed by atoms with E-state index < -0.39 is 0 Å². The van der Waals surface area contributed by atoms with Crippen LogP contribution in [0.1, 0.15) is 18.1 Å². The molecule has 0 radical (unpaired) electrons. The molecule has 0 N–H and O–H groups in total. The minimum atomic E-state index is -0.202. The Morgan fingerprint density at radius 3 is 2.38 bits per heavy atom. The van der Waals surface area contributed by atoms with Crippen molar-refractivity contribution in [3.8, 4) is 11.5 Å². The molecule has 8 heteroatoms. The summed E-state index contributed by atoms with van der Waals surface area (Å²) in [5.41, 5.74) is 3.11. The van der Waals surface area contributed by atoms with E-state index in [4.69, 9.17) is 21.1 Å². The summed E-state index contributed by atoms with van der Waals surface area (Å²) in [6.07, 6.45) is 1.87. The number of para-hydroxylation sites is 1. The van der Waals surface area contributed by atoms with Gasteiger partial charge in [-0.25, -0.2) is 0 Å². The van der Waals surface area contributed by atoms with Crippen LogP contribution in [0.2, 0.25) is 5.02 Å². The van der Waals surface area contributed by atoms with Crippen molar-refractivity contribution in [2.45, 2.75) is 13.5 Å². The van der Waals surface area contributed by atoms with Crippen molar-refractivity contribution in [1.82, 2.24) is 4.90 Å². The largest absolute Gasteiger partial charge is 0.490 e. The molecule has 37 heavy (non-hydrogen) atoms. The Labute approximate surface area is 226 Å². The van der Waals surface area contributed by atoms with E-state index in [1.807, 2.05) is 61.5 Å². The van der Waals surface area contributed by atoms with Gasteiger partial charge in [0.25, 0.3) is 5.91 Å². The lowest BCUT2D eigenvalue weighted by atomic mass is 10.2. The third kappa shape index (κ3) is 6.29. The van der Waals surface area contributed by atoms with E-state index in [1.165, 1.54) is 17.4 Å². The number of benzene rings is 3. The van der Waals surface area contributed by atoms with E-state index in [9.17, 15) is 4.79 Å². The average molecular weight is 534 g/mol. The molecule has 1 saturated heterocycles. The van der Waals surface area contributed by atoms with Crippen LogP contribution in [-0.2, 0) is 11.4 Å². The summed E-state index contributed by atoms with van der Waals surface area (Å²) in [6, 6.07) is 23.7. The number of nitrogens with zero attached hydrogens (tertiary/aromatic N) is 3. The fraction of sp³-hybridized carbons (Fsp3) is 0.241. The number of thioether (sulfide) groups is 1. The molecule has 1 fully saturated rings. The highest BCUT2D eigenvalue weighted by molar-refractivity contribution is 8.18. The van der Waals surface area contributed by atoms with Crippen molar-refractivity contribution in [2.24, 2.45) is 4.99 Å². The lowest BCUT2D eigenvalue weighted by Gasteiger charge is -2.36. The summed E-state index contributed by atoms with van der Waals surface area (Å²) in [6.45, 7) is 6.29. The number of halogens is 1. The predicted octanol–water partition coefficient (Wildman–Crippen LogP) is 6.11. The SMILES string of the molecule is CCOc1cc(/C=C2\SC(N3CCN(c4ccccc4)CC3)=NC2=O)ccc1OCc1ccc(Cl)cc1. The molecule has 1 amide bonds. The Kier molecular flexibility index (Phi) is 8.02. The molecule has 0 spiro atoms. The van der Waals surface area contributed by atoms with Crippen LogP contribution in [0.4, 0.5) is 5.69 Å². The first-order chi connectivity index (χ1) is 18.1. The standard InChI is InChI=1S/C29H28ClN3O3S/c1-2-35-26-18-22(10-13-25(26)36-20-21-8-11-23(30)12-9-21)19-27-28(34)31-29(37-27)33-16-14-32(15-17-33)24-6-4-3-5-7-24/h3-13,18-19H,2,14-17,20H2,1H3/b27-19-. The highest BCUT2D eigenvalue weighted by atomic mass is 35.5. The number of hydrogen-bond donors (Lipinski definition) is 0. The van der Waals surface area contributed by atoms with Crippen LogP contribution >= 0.6 is 23.4 Å². The van der Waals surface area contributed by atoms with Gasteiger partial charge in [-0.1, -0.05) is 48.0 Å². The minimum Gasteiger partial charge on any atom is -0.490 e. The van der Waals surface area contributed by atoms with Crippen LogP contribution in [0.3, 0.4) is 0 Å². The van der Waals surface area contributed by atoms with Gasteiger partial charge in [-0.2, -0.15) is 4.99 Å². The Balaban J connectivity index is 1.23. The zero-order valence-electron chi connectivity index (χ0n) is 20.6. The Morgan fingerprint density at radius 1 is 0.919 bits per heavy atom. The van der Waals surface area contributed by atoms with Gasteiger partial charge in [0, 0.05) is 36.9 Å². The van der Waals surface area contributed by atoms with Crippen LogP contribution < -0.4 is 14.4 Å². The Morgan fingerprint density at radius 2 is 1.65 bits per heavy atom. The van der Waals surface area contributed by atoms with Gasteiger partial charge in [-0.15, -0.1) is 0 Å². The maximum Gasteiger partial charge on any atom is 0.286 e. The first-order valence-electron chi connectivity index (χ1n) is 12.3. The molecule has 2 aliphatic heterocycles. The van der Waals surface area contributed by atoms with E-state index in [0.29, 0.717) is 34.6 Å². The summed E-state index contributed by atoms with van der Waals surface area (Å²) < 4.78 is 11.8. The van der Waals surface area contributed by atoms with Crippen molar-refractivity contribution < 1.29 is 14.3 Å². The monoisotopic (exact) mass is 533 g/mol. The Hall–Kier alpha value is -3.42. The smallest absolute Gasteiger partial charge is 0.286 e. The summed E-state index contributed by atoms with van der Waals surface area (Å²) in [5.74, 6) is 1.09. The van der Waals surface area contributed by atoms with Crippen molar-refractivity contribution >= 4 is 46.2 Å². The van der Waals surface area contributed by atoms with Crippen LogP contribution in [0.15, 0.2) is 82.7 Å². The van der Waals surface area contributed by atoms with Gasteiger partial charge >= 0.3 is 0 Å². The van der Waals surface area contributed by atoms with Gasteiger partial charge in [0.2, 0.25) is 0 Å². The van der Waals surface area contributed by atoms with E-state index in [0.717, 1.165) is 42.5 Å². The second-order valence-corrected chi connectivity index (χ2v) is 10.1. The number of amides is 1. The molecule has 0 aliphatic carbocycles. The normalized spacial score (nSPS) is 16.8. The first kappa shape index (κ1) is 25.2. The van der Waals surface area contributed by atoms with Crippen LogP contribution in [0.25, 0.3) is 6.08 Å². The predicted molar refractivity (Wildman–Crippen MR) is 152 cm³/mol. The van der Waals surface area contributed by atoms with Crippen LogP contribution in [0.5, 0.6) is 11.5 Å². The maximum absolute atomic E-state index is 12.7. The molecule has 0 unspecified atom stereocenters. The van der Waals surface area contributed by atoms with E-state index in [-0.39, 0.29) is 5.91 Å². The number of amidine groups is 1. The lowest BCUT2D eigenvalue weighted by Crippen LogP contribution is -2.47. The van der Waals surface area contributed by atoms with Crippen LogP contribution in [0, 0.1) is 0 Å². The third-order valence-corrected chi connectivity index (χ3v) is 7.45. The number of carbonyl (C=O) groups is 1. The highest BCUT2D eigenvalue weighted by Gasteiger charge is 2.28. The van der Waals surface area contributed by atoms with E-state index >= 15 is 0 Å². The highest BCUT2D eigenvalue weighted by Crippen LogP contribution is 2.34. The summed E-state index contributed by atoms with van der Waals surface area (Å²) in [5, 5.41) is 1.47. The molecule has 3 aromatic carbocycles. The zero-order valence-corrected chi connectivity index (χ0v) is 22.2. The number of aliphatic imine (C=N–C) groups is 1. The molecule has 6 nitrogen and oxygen atoms in total. The molecule has 0 atom stereocenters. The van der Waals surface area contributed by atoms with Crippen molar-refractivity contribution in [2.75, 3.05) is 37.7 Å². The van der Waals surface area contributed by atoms with Gasteiger partial charge in [-0.3, -0.25) is 4.79 Å². The Bertz CT molecular complexity index is 1300. The molecule has 3 aromatic rings. The number of anilines is 1. The molecule has 0 saturated carbocycles. The van der Waals surface area contributed by atoms with Gasteiger partial charge in [-0.05, 0) is 72.3 Å². The molecule has 190 valence electrons. The van der Waals surface area contributed by atoms with E-state index in [1.54, 1.807) is 0 Å². The molecular formula is C29H28ClN3O3S. The number of carbonyl (C=O) groups excluding carboxylic acids is 1. The molecule has 2 aliphatic rings. The summed E-state index contributed by atoms with van der Waals surface area (Å²) in [4.78, 5) is 22.2. The van der Waals surface area contributed by atoms with Gasteiger partial charge < -0.3 is 19.3 Å². The molecule has 2 heterocycles. The van der Waals surface area contributed by atoms with Gasteiger partial charge in [0.15, 0.2) is 16.7 Å². The van der Waals surface area contributed by atoms with Crippen molar-refractivity contribution in [3.63, 3.8) is 0 Å². The minimum absolute atomic E-state index is 0.202. The number of piperazine rings is 1. The molecule has 5 rings (SSSR count). The zero-order chi connectivity index (χ0) is 25.6. The lowest BCUT2D eigenvalue weighted by molar-refractivity contribution is -0.113. The van der Waals surface area contributed by atoms with E-state index in [2.05, 4.69) is 39.1 Å². The van der Waals surface area contributed by atoms with Gasteiger partial charge in [0.05, 0.1) is 11.5 Å². The fourth-order valence-electron chi connectivity index (χ4n) is 4.22. The molecule has 0 bridgehead atoms. The quantitative estimate of drug-likeness (QED) is 0.341. The topological polar surface area (TPSA) is 54.4 Å². The van der Waals surface area contributed by atoms with Crippen molar-refractivity contribution in [3.05, 3.63) is 93.9 Å². The average Bonchev–Trinajstić information content (AvgIpc) is 3.30. The van der Waals surface area contributed by atoms with Crippen molar-refractivity contribution in [1.29, 1.82) is 0 Å². The number of hydrogen-bond acceptors (Lipinski definition) is 6. The number of rotatable bonds is 7. The number of ether oxygens (including phenoxy) is 2. The second-order valence-electron chi connectivity index (χ2n) is 8.67. The van der Waals surface area contributed by atoms with Crippen LogP contribution in [-0.4, -0.2) is 48.8 Å². The summed E-state index contributed by atoms with van der Waals surface area (Å²) >= 11 is 7.41. The summed E-state index contributed by atoms with van der Waals surface area (Å²) in [7, 11) is 0. The molecule has 0 aromatic heterocycles. The maximum atomic E-state index is 12.7. The van der Waals surface area contributed by atoms with Gasteiger partial charge in [0.1, 0.15) is 6.61 Å². The first-order valence-corrected chi connectivity index (χ1v) is 13.5. The fourth-order valence-corrected chi connectivity index (χ4v) is 5.31. The molecular weight excluding hydrogens is 506 g/mol.